The largest absolute Gasteiger partial charge is 0.358 e. The zero-order chi connectivity index (χ0) is 19.6. The van der Waals surface area contributed by atoms with E-state index in [-0.39, 0.29) is 7.43 Å². The Morgan fingerprint density at radius 1 is 1.10 bits per heavy atom. The zero-order valence-electron chi connectivity index (χ0n) is 17.6. The Morgan fingerprint density at radius 2 is 1.97 bits per heavy atom. The van der Waals surface area contributed by atoms with E-state index in [1.54, 1.807) is 11.3 Å². The molecular weight excluding hydrogens is 378 g/mol. The van der Waals surface area contributed by atoms with Gasteiger partial charge in [0, 0.05) is 19.0 Å². The number of pyridine rings is 1. The molecule has 2 aromatic heterocycles. The quantitative estimate of drug-likeness (QED) is 0.175. The van der Waals surface area contributed by atoms with E-state index in [9.17, 15) is 0 Å². The van der Waals surface area contributed by atoms with Gasteiger partial charge in [-0.25, -0.2) is 4.57 Å². The summed E-state index contributed by atoms with van der Waals surface area (Å²) < 4.78 is 5.70. The Balaban J connectivity index is 0.00000300. The van der Waals surface area contributed by atoms with Gasteiger partial charge < -0.3 is 17.7 Å². The molecule has 29 heavy (non-hydrogen) atoms. The Kier molecular flexibility index (Phi) is 9.74. The lowest BCUT2D eigenvalue weighted by molar-refractivity contribution is -0.697. The molecular formula is C23H33N5S. The number of hydrogen-bond donors (Lipinski definition) is 1. The van der Waals surface area contributed by atoms with Crippen LogP contribution in [0.1, 0.15) is 44.6 Å². The highest BCUT2D eigenvalue weighted by Gasteiger charge is 2.05. The molecule has 0 saturated heterocycles. The van der Waals surface area contributed by atoms with Crippen molar-refractivity contribution in [3.05, 3.63) is 66.6 Å². The van der Waals surface area contributed by atoms with E-state index in [1.165, 1.54) is 35.9 Å². The predicted molar refractivity (Wildman–Crippen MR) is 124 cm³/mol. The molecule has 0 spiro atoms. The SMILES string of the molecule is CCCCCCn1/c(=N/N=C/c2ccc[n+](CCCN)c2)sc2ccccc21.[CH3-]. The second-order valence-electron chi connectivity index (χ2n) is 6.93. The minimum Gasteiger partial charge on any atom is -0.358 e. The number of aryl methyl sites for hydroxylation is 2. The molecule has 3 aromatic rings. The van der Waals surface area contributed by atoms with E-state index < -0.39 is 0 Å². The van der Waals surface area contributed by atoms with Gasteiger partial charge in [-0.2, -0.15) is 5.10 Å². The molecule has 0 amide bonds. The van der Waals surface area contributed by atoms with Crippen molar-refractivity contribution in [2.75, 3.05) is 6.54 Å². The number of rotatable bonds is 10. The molecule has 3 rings (SSSR count). The predicted octanol–water partition coefficient (Wildman–Crippen LogP) is 4.30. The smallest absolute Gasteiger partial charge is 0.211 e. The van der Waals surface area contributed by atoms with Gasteiger partial charge in [0.1, 0.15) is 6.54 Å². The highest BCUT2D eigenvalue weighted by atomic mass is 32.1. The maximum atomic E-state index is 5.60. The van der Waals surface area contributed by atoms with Gasteiger partial charge in [-0.3, -0.25) is 0 Å². The topological polar surface area (TPSA) is 59.5 Å². The van der Waals surface area contributed by atoms with Crippen LogP contribution in [-0.2, 0) is 13.1 Å². The fraction of sp³-hybridized carbons (Fsp3) is 0.391. The molecule has 6 heteroatoms. The second-order valence-corrected chi connectivity index (χ2v) is 7.94. The molecule has 5 nitrogen and oxygen atoms in total. The third-order valence-corrected chi connectivity index (χ3v) is 5.72. The molecule has 0 unspecified atom stereocenters. The molecule has 0 aliphatic heterocycles. The van der Waals surface area contributed by atoms with Gasteiger partial charge in [0.15, 0.2) is 12.4 Å². The van der Waals surface area contributed by atoms with Crippen LogP contribution in [0.4, 0.5) is 0 Å². The fourth-order valence-corrected chi connectivity index (χ4v) is 4.20. The Hall–Kier alpha value is -2.31. The van der Waals surface area contributed by atoms with Crippen molar-refractivity contribution < 1.29 is 4.57 Å². The number of fused-ring (bicyclic) bond motifs is 1. The Labute approximate surface area is 178 Å². The Morgan fingerprint density at radius 3 is 2.79 bits per heavy atom. The molecule has 0 radical (unpaired) electrons. The molecule has 2 heterocycles. The lowest BCUT2D eigenvalue weighted by atomic mass is 10.2. The molecule has 0 saturated carbocycles. The van der Waals surface area contributed by atoms with E-state index >= 15 is 0 Å². The normalized spacial score (nSPS) is 12.0. The van der Waals surface area contributed by atoms with Gasteiger partial charge in [0.2, 0.25) is 4.80 Å². The first-order valence-corrected chi connectivity index (χ1v) is 11.0. The first-order chi connectivity index (χ1) is 13.8. The third-order valence-electron chi connectivity index (χ3n) is 4.68. The summed E-state index contributed by atoms with van der Waals surface area (Å²) in [6.45, 7) is 4.85. The number of nitrogens with zero attached hydrogens (tertiary/aromatic N) is 4. The maximum Gasteiger partial charge on any atom is 0.211 e. The number of aromatic nitrogens is 2. The lowest BCUT2D eigenvalue weighted by Crippen LogP contribution is -2.34. The van der Waals surface area contributed by atoms with Gasteiger partial charge in [-0.05, 0) is 31.2 Å². The van der Waals surface area contributed by atoms with Crippen LogP contribution >= 0.6 is 11.3 Å². The molecule has 2 N–H and O–H groups in total. The monoisotopic (exact) mass is 411 g/mol. The third kappa shape index (κ3) is 6.61. The van der Waals surface area contributed by atoms with Crippen molar-refractivity contribution in [3.8, 4) is 0 Å². The summed E-state index contributed by atoms with van der Waals surface area (Å²) in [6, 6.07) is 12.6. The molecule has 0 aliphatic carbocycles. The molecule has 0 aliphatic rings. The number of para-hydroxylation sites is 1. The van der Waals surface area contributed by atoms with Crippen LogP contribution in [0.3, 0.4) is 0 Å². The lowest BCUT2D eigenvalue weighted by Gasteiger charge is -2.04. The maximum absolute atomic E-state index is 5.60. The average Bonchev–Trinajstić information content (AvgIpc) is 3.07. The van der Waals surface area contributed by atoms with Crippen molar-refractivity contribution in [2.24, 2.45) is 15.9 Å². The van der Waals surface area contributed by atoms with Crippen LogP contribution in [0, 0.1) is 7.43 Å². The first kappa shape index (κ1) is 23.0. The van der Waals surface area contributed by atoms with Gasteiger partial charge in [-0.1, -0.05) is 49.7 Å². The van der Waals surface area contributed by atoms with E-state index in [2.05, 4.69) is 62.9 Å². The highest BCUT2D eigenvalue weighted by Crippen LogP contribution is 2.17. The van der Waals surface area contributed by atoms with Gasteiger partial charge >= 0.3 is 0 Å². The highest BCUT2D eigenvalue weighted by molar-refractivity contribution is 7.16. The molecule has 0 atom stereocenters. The van der Waals surface area contributed by atoms with Crippen molar-refractivity contribution in [3.63, 3.8) is 0 Å². The van der Waals surface area contributed by atoms with E-state index in [0.29, 0.717) is 6.54 Å². The molecule has 0 fully saturated rings. The number of unbranched alkanes of at least 4 members (excludes halogenated alkanes) is 3. The van der Waals surface area contributed by atoms with Crippen LogP contribution in [0.5, 0.6) is 0 Å². The summed E-state index contributed by atoms with van der Waals surface area (Å²) in [4.78, 5) is 0.959. The molecule has 0 bridgehead atoms. The second kappa shape index (κ2) is 12.3. The van der Waals surface area contributed by atoms with Crippen molar-refractivity contribution in [1.82, 2.24) is 4.57 Å². The minimum atomic E-state index is 0. The van der Waals surface area contributed by atoms with Gasteiger partial charge in [0.05, 0.1) is 22.0 Å². The van der Waals surface area contributed by atoms with Crippen molar-refractivity contribution >= 4 is 27.8 Å². The minimum absolute atomic E-state index is 0. The summed E-state index contributed by atoms with van der Waals surface area (Å²) in [5, 5.41) is 8.94. The molecule has 1 aromatic carbocycles. The van der Waals surface area contributed by atoms with Crippen LogP contribution in [0.15, 0.2) is 59.0 Å². The summed E-state index contributed by atoms with van der Waals surface area (Å²) >= 11 is 1.70. The van der Waals surface area contributed by atoms with Crippen LogP contribution in [0.2, 0.25) is 0 Å². The summed E-state index contributed by atoms with van der Waals surface area (Å²) in [6.07, 6.45) is 11.9. The Bertz CT molecular complexity index is 971. The standard InChI is InChI=1S/C22H30N5S.CH3/c1-2-3-4-7-16-27-20-11-5-6-12-21(20)28-22(27)25-24-17-19-10-8-14-26(18-19)15-9-13-23;/h5-6,8,10-12,14,17-18H,2-4,7,9,13,15-16,23H2,1H3;1H3/q+1;-1/b24-17+,25-22-;. The van der Waals surface area contributed by atoms with Gasteiger partial charge in [0.25, 0.3) is 0 Å². The number of benzene rings is 1. The van der Waals surface area contributed by atoms with Crippen molar-refractivity contribution in [2.45, 2.75) is 52.1 Å². The average molecular weight is 412 g/mol. The number of thiazole rings is 1. The summed E-state index contributed by atoms with van der Waals surface area (Å²) in [5.41, 5.74) is 7.89. The van der Waals surface area contributed by atoms with Gasteiger partial charge in [-0.15, -0.1) is 5.10 Å². The molecule has 156 valence electrons. The van der Waals surface area contributed by atoms with E-state index in [0.717, 1.165) is 29.9 Å². The number of hydrogen-bond acceptors (Lipinski definition) is 4. The fourth-order valence-electron chi connectivity index (χ4n) is 3.19. The van der Waals surface area contributed by atoms with Crippen LogP contribution < -0.4 is 15.1 Å². The number of nitrogens with two attached hydrogens (primary N) is 1. The van der Waals surface area contributed by atoms with Crippen molar-refractivity contribution in [1.29, 1.82) is 0 Å². The summed E-state index contributed by atoms with van der Waals surface area (Å²) in [5.74, 6) is 0. The van der Waals surface area contributed by atoms with E-state index in [1.807, 2.05) is 18.3 Å². The zero-order valence-corrected chi connectivity index (χ0v) is 18.4. The van der Waals surface area contributed by atoms with E-state index in [4.69, 9.17) is 5.73 Å². The van der Waals surface area contributed by atoms with Crippen LogP contribution in [-0.4, -0.2) is 17.3 Å². The summed E-state index contributed by atoms with van der Waals surface area (Å²) in [7, 11) is 0. The van der Waals surface area contributed by atoms with Crippen LogP contribution in [0.25, 0.3) is 10.2 Å². The first-order valence-electron chi connectivity index (χ1n) is 10.2.